The van der Waals surface area contributed by atoms with E-state index in [4.69, 9.17) is 0 Å². The van der Waals surface area contributed by atoms with Crippen LogP contribution in [0.2, 0.25) is 0 Å². The van der Waals surface area contributed by atoms with Crippen LogP contribution in [0.3, 0.4) is 0 Å². The van der Waals surface area contributed by atoms with Crippen LogP contribution in [0.4, 0.5) is 4.39 Å². The van der Waals surface area contributed by atoms with Crippen LogP contribution in [0.25, 0.3) is 0 Å². The van der Waals surface area contributed by atoms with E-state index in [0.717, 1.165) is 4.88 Å². The zero-order valence-corrected chi connectivity index (χ0v) is 10.6. The summed E-state index contributed by atoms with van der Waals surface area (Å²) in [6, 6.07) is 4.85. The number of hydrogen-bond donors (Lipinski definition) is 1. The van der Waals surface area contributed by atoms with E-state index in [1.165, 1.54) is 17.4 Å². The van der Waals surface area contributed by atoms with Gasteiger partial charge >= 0.3 is 0 Å². The Morgan fingerprint density at radius 3 is 2.82 bits per heavy atom. The van der Waals surface area contributed by atoms with Crippen LogP contribution >= 0.6 is 11.3 Å². The van der Waals surface area contributed by atoms with Crippen LogP contribution in [0.1, 0.15) is 22.9 Å². The SMILES string of the molecule is Cc1ccc(C(C)(O)Cc2cncs2)cc1F. The van der Waals surface area contributed by atoms with Crippen molar-refractivity contribution in [2.75, 3.05) is 0 Å². The molecule has 17 heavy (non-hydrogen) atoms. The summed E-state index contributed by atoms with van der Waals surface area (Å²) in [7, 11) is 0. The van der Waals surface area contributed by atoms with Gasteiger partial charge in [0.1, 0.15) is 5.82 Å². The van der Waals surface area contributed by atoms with Crippen LogP contribution in [0, 0.1) is 12.7 Å². The Hall–Kier alpha value is -1.26. The summed E-state index contributed by atoms with van der Waals surface area (Å²) in [5.74, 6) is -0.285. The molecule has 2 nitrogen and oxygen atoms in total. The van der Waals surface area contributed by atoms with Gasteiger partial charge in [0, 0.05) is 17.5 Å². The Bertz CT molecular complexity index is 508. The lowest BCUT2D eigenvalue weighted by Gasteiger charge is -2.23. The molecule has 0 saturated carbocycles. The van der Waals surface area contributed by atoms with Gasteiger partial charge in [-0.2, -0.15) is 0 Å². The number of hydrogen-bond acceptors (Lipinski definition) is 3. The number of aromatic nitrogens is 1. The maximum atomic E-state index is 13.5. The van der Waals surface area contributed by atoms with E-state index >= 15 is 0 Å². The highest BCUT2D eigenvalue weighted by atomic mass is 32.1. The maximum absolute atomic E-state index is 13.5. The number of aliphatic hydroxyl groups is 1. The van der Waals surface area contributed by atoms with Gasteiger partial charge in [-0.1, -0.05) is 12.1 Å². The molecule has 1 unspecified atom stereocenters. The second-order valence-corrected chi connectivity index (χ2v) is 5.35. The van der Waals surface area contributed by atoms with E-state index in [9.17, 15) is 9.50 Å². The highest BCUT2D eigenvalue weighted by Gasteiger charge is 2.25. The third kappa shape index (κ3) is 2.70. The van der Waals surface area contributed by atoms with Gasteiger partial charge in [0.15, 0.2) is 0 Å². The Balaban J connectivity index is 2.27. The number of thiazole rings is 1. The molecule has 0 amide bonds. The van der Waals surface area contributed by atoms with Crippen molar-refractivity contribution in [1.82, 2.24) is 4.98 Å². The fourth-order valence-electron chi connectivity index (χ4n) is 1.70. The summed E-state index contributed by atoms with van der Waals surface area (Å²) in [4.78, 5) is 4.95. The Kier molecular flexibility index (Phi) is 3.26. The van der Waals surface area contributed by atoms with Crippen molar-refractivity contribution < 1.29 is 9.50 Å². The van der Waals surface area contributed by atoms with Gasteiger partial charge in [-0.25, -0.2) is 4.39 Å². The van der Waals surface area contributed by atoms with Gasteiger partial charge in [0.05, 0.1) is 11.1 Å². The molecule has 0 aliphatic heterocycles. The minimum absolute atomic E-state index is 0.285. The predicted octanol–water partition coefficient (Wildman–Crippen LogP) is 3.04. The normalized spacial score (nSPS) is 14.6. The lowest BCUT2D eigenvalue weighted by Crippen LogP contribution is -2.24. The molecule has 0 fully saturated rings. The highest BCUT2D eigenvalue weighted by Crippen LogP contribution is 2.27. The molecule has 1 heterocycles. The lowest BCUT2D eigenvalue weighted by molar-refractivity contribution is 0.0581. The predicted molar refractivity (Wildman–Crippen MR) is 66.5 cm³/mol. The summed E-state index contributed by atoms with van der Waals surface area (Å²) >= 11 is 1.49. The second kappa shape index (κ2) is 4.55. The van der Waals surface area contributed by atoms with Crippen molar-refractivity contribution in [3.8, 4) is 0 Å². The van der Waals surface area contributed by atoms with Crippen molar-refractivity contribution in [3.63, 3.8) is 0 Å². The third-order valence-corrected chi connectivity index (χ3v) is 3.58. The van der Waals surface area contributed by atoms with Gasteiger partial charge in [-0.3, -0.25) is 4.98 Å². The average Bonchev–Trinajstić information content (AvgIpc) is 2.73. The number of halogens is 1. The second-order valence-electron chi connectivity index (χ2n) is 4.38. The van der Waals surface area contributed by atoms with Crippen LogP contribution in [0.15, 0.2) is 29.9 Å². The molecule has 0 spiro atoms. The summed E-state index contributed by atoms with van der Waals surface area (Å²) in [5.41, 5.74) is 1.83. The molecular weight excluding hydrogens is 237 g/mol. The monoisotopic (exact) mass is 251 g/mol. The fraction of sp³-hybridized carbons (Fsp3) is 0.308. The standard InChI is InChI=1S/C13H14FNOS/c1-9-3-4-10(5-12(9)14)13(2,16)6-11-7-15-8-17-11/h3-5,7-8,16H,6H2,1-2H3. The molecule has 0 aliphatic carbocycles. The first-order chi connectivity index (χ1) is 7.99. The molecule has 0 radical (unpaired) electrons. The average molecular weight is 251 g/mol. The zero-order chi connectivity index (χ0) is 12.5. The van der Waals surface area contributed by atoms with E-state index in [2.05, 4.69) is 4.98 Å². The van der Waals surface area contributed by atoms with Gasteiger partial charge in [0.2, 0.25) is 0 Å². The molecule has 1 atom stereocenters. The van der Waals surface area contributed by atoms with E-state index in [0.29, 0.717) is 17.5 Å². The molecule has 2 aromatic rings. The Labute approximate surface area is 104 Å². The summed E-state index contributed by atoms with van der Waals surface area (Å²) in [6.45, 7) is 3.40. The van der Waals surface area contributed by atoms with Crippen molar-refractivity contribution in [3.05, 3.63) is 51.7 Å². The van der Waals surface area contributed by atoms with Gasteiger partial charge < -0.3 is 5.11 Å². The molecule has 1 aromatic carbocycles. The van der Waals surface area contributed by atoms with E-state index in [1.807, 2.05) is 0 Å². The van der Waals surface area contributed by atoms with Crippen molar-refractivity contribution in [2.24, 2.45) is 0 Å². The topological polar surface area (TPSA) is 33.1 Å². The zero-order valence-electron chi connectivity index (χ0n) is 9.77. The minimum Gasteiger partial charge on any atom is -0.385 e. The molecule has 2 rings (SSSR count). The highest BCUT2D eigenvalue weighted by molar-refractivity contribution is 7.09. The largest absolute Gasteiger partial charge is 0.385 e. The lowest BCUT2D eigenvalue weighted by atomic mass is 9.91. The minimum atomic E-state index is -1.07. The Morgan fingerprint density at radius 1 is 1.47 bits per heavy atom. The molecule has 0 bridgehead atoms. The number of benzene rings is 1. The number of rotatable bonds is 3. The Morgan fingerprint density at radius 2 is 2.24 bits per heavy atom. The molecular formula is C13H14FNOS. The number of aryl methyl sites for hydroxylation is 1. The van der Waals surface area contributed by atoms with Crippen LogP contribution < -0.4 is 0 Å². The molecule has 0 saturated heterocycles. The first kappa shape index (κ1) is 12.2. The molecule has 90 valence electrons. The summed E-state index contributed by atoms with van der Waals surface area (Å²) < 4.78 is 13.5. The summed E-state index contributed by atoms with van der Waals surface area (Å²) in [6.07, 6.45) is 2.17. The van der Waals surface area contributed by atoms with Crippen molar-refractivity contribution in [2.45, 2.75) is 25.9 Å². The van der Waals surface area contributed by atoms with Gasteiger partial charge in [-0.05, 0) is 31.0 Å². The number of nitrogens with zero attached hydrogens (tertiary/aromatic N) is 1. The van der Waals surface area contributed by atoms with Crippen LogP contribution in [-0.2, 0) is 12.0 Å². The van der Waals surface area contributed by atoms with Gasteiger partial charge in [-0.15, -0.1) is 11.3 Å². The molecule has 1 aromatic heterocycles. The van der Waals surface area contributed by atoms with Crippen LogP contribution in [0.5, 0.6) is 0 Å². The van der Waals surface area contributed by atoms with Crippen molar-refractivity contribution >= 4 is 11.3 Å². The molecule has 1 N–H and O–H groups in total. The van der Waals surface area contributed by atoms with E-state index in [-0.39, 0.29) is 5.82 Å². The van der Waals surface area contributed by atoms with E-state index in [1.54, 1.807) is 37.7 Å². The quantitative estimate of drug-likeness (QED) is 0.909. The van der Waals surface area contributed by atoms with E-state index < -0.39 is 5.60 Å². The first-order valence-corrected chi connectivity index (χ1v) is 6.23. The maximum Gasteiger partial charge on any atom is 0.126 e. The first-order valence-electron chi connectivity index (χ1n) is 5.35. The third-order valence-electron chi connectivity index (χ3n) is 2.80. The van der Waals surface area contributed by atoms with Crippen LogP contribution in [-0.4, -0.2) is 10.1 Å². The molecule has 4 heteroatoms. The smallest absolute Gasteiger partial charge is 0.126 e. The fourth-order valence-corrected chi connectivity index (χ4v) is 2.44. The summed E-state index contributed by atoms with van der Waals surface area (Å²) in [5, 5.41) is 10.4. The van der Waals surface area contributed by atoms with Crippen molar-refractivity contribution in [1.29, 1.82) is 0 Å². The molecule has 0 aliphatic rings. The van der Waals surface area contributed by atoms with Gasteiger partial charge in [0.25, 0.3) is 0 Å².